The average Bonchev–Trinajstić information content (AvgIpc) is 2.86. The zero-order valence-corrected chi connectivity index (χ0v) is 23.0. The van der Waals surface area contributed by atoms with E-state index < -0.39 is 34.3 Å². The molecule has 1 atom stereocenters. The number of nitrogens with zero attached hydrogens (tertiary/aromatic N) is 2. The molecule has 7 nitrogen and oxygen atoms in total. The molecule has 0 saturated heterocycles. The number of likely N-dealkylation sites (N-methyl/N-ethyl adjacent to an activating group) is 1. The molecule has 0 spiro atoms. The number of benzene rings is 3. The molecule has 1 unspecified atom stereocenters. The number of halogens is 1. The van der Waals surface area contributed by atoms with Gasteiger partial charge in [0.05, 0.1) is 11.9 Å². The number of amides is 2. The summed E-state index contributed by atoms with van der Waals surface area (Å²) in [6, 6.07) is 19.4. The maximum absolute atomic E-state index is 14.0. The molecule has 202 valence electrons. The van der Waals surface area contributed by atoms with Crippen LogP contribution in [-0.4, -0.2) is 50.5 Å². The second kappa shape index (κ2) is 12.7. The first-order chi connectivity index (χ1) is 18.0. The number of hydrogen-bond donors (Lipinski definition) is 1. The minimum Gasteiger partial charge on any atom is -0.355 e. The highest BCUT2D eigenvalue weighted by molar-refractivity contribution is 7.92. The molecule has 0 aliphatic carbocycles. The van der Waals surface area contributed by atoms with Crippen molar-refractivity contribution in [2.24, 2.45) is 0 Å². The molecular weight excluding hydrogens is 505 g/mol. The summed E-state index contributed by atoms with van der Waals surface area (Å²) in [7, 11) is -3.85. The second-order valence-corrected chi connectivity index (χ2v) is 11.2. The van der Waals surface area contributed by atoms with Gasteiger partial charge < -0.3 is 10.2 Å². The van der Waals surface area contributed by atoms with Crippen molar-refractivity contribution >= 4 is 27.5 Å². The Morgan fingerprint density at radius 3 is 2.05 bits per heavy atom. The fourth-order valence-electron chi connectivity index (χ4n) is 4.41. The van der Waals surface area contributed by atoms with E-state index in [2.05, 4.69) is 5.32 Å². The van der Waals surface area contributed by atoms with Gasteiger partial charge >= 0.3 is 0 Å². The van der Waals surface area contributed by atoms with E-state index in [9.17, 15) is 22.4 Å². The molecule has 1 N–H and O–H groups in total. The van der Waals surface area contributed by atoms with Crippen LogP contribution in [0.25, 0.3) is 0 Å². The van der Waals surface area contributed by atoms with Gasteiger partial charge in [-0.25, -0.2) is 12.8 Å². The number of para-hydroxylation sites is 1. The van der Waals surface area contributed by atoms with E-state index in [1.54, 1.807) is 45.0 Å². The number of hydrogen-bond acceptors (Lipinski definition) is 4. The van der Waals surface area contributed by atoms with Crippen molar-refractivity contribution in [2.45, 2.75) is 39.8 Å². The first-order valence-corrected chi connectivity index (χ1v) is 14.3. The van der Waals surface area contributed by atoms with Crippen molar-refractivity contribution in [3.05, 3.63) is 101 Å². The molecule has 3 aromatic rings. The molecule has 0 aliphatic rings. The van der Waals surface area contributed by atoms with Crippen molar-refractivity contribution in [1.82, 2.24) is 10.2 Å². The van der Waals surface area contributed by atoms with Crippen LogP contribution in [0.15, 0.2) is 72.8 Å². The molecule has 0 heterocycles. The summed E-state index contributed by atoms with van der Waals surface area (Å²) in [5, 5.41) is 2.80. The first kappa shape index (κ1) is 28.8. The molecule has 0 bridgehead atoms. The van der Waals surface area contributed by atoms with E-state index in [1.165, 1.54) is 17.0 Å². The topological polar surface area (TPSA) is 86.8 Å². The van der Waals surface area contributed by atoms with E-state index in [0.29, 0.717) is 28.9 Å². The van der Waals surface area contributed by atoms with E-state index >= 15 is 0 Å². The number of aryl methyl sites for hydroxylation is 2. The molecule has 0 radical (unpaired) electrons. The van der Waals surface area contributed by atoms with Crippen LogP contribution < -0.4 is 9.62 Å². The summed E-state index contributed by atoms with van der Waals surface area (Å²) < 4.78 is 40.5. The van der Waals surface area contributed by atoms with Gasteiger partial charge in [0.15, 0.2) is 0 Å². The minimum atomic E-state index is -3.85. The lowest BCUT2D eigenvalue weighted by atomic mass is 10.0. The highest BCUT2D eigenvalue weighted by atomic mass is 32.2. The Morgan fingerprint density at radius 2 is 1.50 bits per heavy atom. The van der Waals surface area contributed by atoms with E-state index in [4.69, 9.17) is 0 Å². The Kier molecular flexibility index (Phi) is 9.63. The molecule has 3 rings (SSSR count). The Bertz CT molecular complexity index is 1340. The predicted octanol–water partition coefficient (Wildman–Crippen LogP) is 3.98. The highest BCUT2D eigenvalue weighted by Crippen LogP contribution is 2.27. The van der Waals surface area contributed by atoms with Crippen LogP contribution in [0.1, 0.15) is 29.2 Å². The summed E-state index contributed by atoms with van der Waals surface area (Å²) in [6.45, 7) is 5.23. The molecule has 2 amide bonds. The molecule has 9 heteroatoms. The first-order valence-electron chi connectivity index (χ1n) is 12.4. The van der Waals surface area contributed by atoms with Crippen molar-refractivity contribution in [3.63, 3.8) is 0 Å². The van der Waals surface area contributed by atoms with Crippen LogP contribution in [0.3, 0.4) is 0 Å². The smallest absolute Gasteiger partial charge is 0.244 e. The predicted molar refractivity (Wildman–Crippen MR) is 148 cm³/mol. The lowest BCUT2D eigenvalue weighted by molar-refractivity contribution is -0.140. The normalized spacial score (nSPS) is 12.0. The maximum Gasteiger partial charge on any atom is 0.244 e. The van der Waals surface area contributed by atoms with Crippen molar-refractivity contribution in [2.75, 3.05) is 23.7 Å². The largest absolute Gasteiger partial charge is 0.355 e. The zero-order valence-electron chi connectivity index (χ0n) is 22.1. The van der Waals surface area contributed by atoms with Gasteiger partial charge in [-0.05, 0) is 55.2 Å². The van der Waals surface area contributed by atoms with E-state index in [-0.39, 0.29) is 18.9 Å². The number of carbonyl (C=O) groups excluding carboxylic acids is 2. The standard InChI is InChI=1S/C29H34FN3O4S/c1-5-31-29(35)26(18-23-12-7-6-8-13-23)32(19-24-14-16-25(30)17-15-24)27(34)20-33(38(4,36)37)28-21(2)10-9-11-22(28)3/h6-17,26H,5,18-20H2,1-4H3,(H,31,35). The maximum atomic E-state index is 14.0. The molecule has 0 saturated carbocycles. The van der Waals surface area contributed by atoms with Gasteiger partial charge in [-0.15, -0.1) is 0 Å². The highest BCUT2D eigenvalue weighted by Gasteiger charge is 2.33. The third kappa shape index (κ3) is 7.41. The molecule has 0 aromatic heterocycles. The lowest BCUT2D eigenvalue weighted by Gasteiger charge is -2.34. The Morgan fingerprint density at radius 1 is 0.895 bits per heavy atom. The van der Waals surface area contributed by atoms with Crippen molar-refractivity contribution in [3.8, 4) is 0 Å². The van der Waals surface area contributed by atoms with Gasteiger partial charge in [-0.2, -0.15) is 0 Å². The minimum absolute atomic E-state index is 0.00188. The SMILES string of the molecule is CCNC(=O)C(Cc1ccccc1)N(Cc1ccc(F)cc1)C(=O)CN(c1c(C)cccc1C)S(C)(=O)=O. The van der Waals surface area contributed by atoms with Gasteiger partial charge in [0.2, 0.25) is 21.8 Å². The van der Waals surface area contributed by atoms with Crippen LogP contribution in [0.4, 0.5) is 10.1 Å². The third-order valence-electron chi connectivity index (χ3n) is 6.26. The van der Waals surface area contributed by atoms with Gasteiger partial charge in [0, 0.05) is 19.5 Å². The van der Waals surface area contributed by atoms with Crippen molar-refractivity contribution in [1.29, 1.82) is 0 Å². The number of rotatable bonds is 11. The summed E-state index contributed by atoms with van der Waals surface area (Å²) >= 11 is 0. The van der Waals surface area contributed by atoms with Crippen LogP contribution >= 0.6 is 0 Å². The summed E-state index contributed by atoms with van der Waals surface area (Å²) in [5.74, 6) is -1.33. The fourth-order valence-corrected chi connectivity index (χ4v) is 5.37. The monoisotopic (exact) mass is 539 g/mol. The molecule has 0 aliphatic heterocycles. The number of nitrogens with one attached hydrogen (secondary N) is 1. The number of carbonyl (C=O) groups is 2. The summed E-state index contributed by atoms with van der Waals surface area (Å²) in [5.41, 5.74) is 3.30. The van der Waals surface area contributed by atoms with Crippen LogP contribution in [0.5, 0.6) is 0 Å². The van der Waals surface area contributed by atoms with Crippen LogP contribution in [0.2, 0.25) is 0 Å². The lowest BCUT2D eigenvalue weighted by Crippen LogP contribution is -2.53. The Labute approximate surface area is 224 Å². The number of sulfonamides is 1. The average molecular weight is 540 g/mol. The fraction of sp³-hybridized carbons (Fsp3) is 0.310. The summed E-state index contributed by atoms with van der Waals surface area (Å²) in [4.78, 5) is 28.7. The van der Waals surface area contributed by atoms with Crippen LogP contribution in [-0.2, 0) is 32.6 Å². The van der Waals surface area contributed by atoms with E-state index in [0.717, 1.165) is 16.1 Å². The van der Waals surface area contributed by atoms with Crippen molar-refractivity contribution < 1.29 is 22.4 Å². The van der Waals surface area contributed by atoms with Gasteiger partial charge in [-0.3, -0.25) is 13.9 Å². The Balaban J connectivity index is 2.07. The molecule has 3 aromatic carbocycles. The van der Waals surface area contributed by atoms with Gasteiger partial charge in [-0.1, -0.05) is 60.7 Å². The van der Waals surface area contributed by atoms with Crippen LogP contribution in [0, 0.1) is 19.7 Å². The zero-order chi connectivity index (χ0) is 27.9. The second-order valence-electron chi connectivity index (χ2n) is 9.26. The molecule has 38 heavy (non-hydrogen) atoms. The third-order valence-corrected chi connectivity index (χ3v) is 7.37. The summed E-state index contributed by atoms with van der Waals surface area (Å²) in [6.07, 6.45) is 1.28. The van der Waals surface area contributed by atoms with Gasteiger partial charge in [0.25, 0.3) is 0 Å². The van der Waals surface area contributed by atoms with Gasteiger partial charge in [0.1, 0.15) is 18.4 Å². The molecule has 0 fully saturated rings. The Hall–Kier alpha value is -3.72. The molecular formula is C29H34FN3O4S. The number of anilines is 1. The van der Waals surface area contributed by atoms with E-state index in [1.807, 2.05) is 36.4 Å². The quantitative estimate of drug-likeness (QED) is 0.399.